The van der Waals surface area contributed by atoms with Gasteiger partial charge in [0.1, 0.15) is 0 Å². The van der Waals surface area contributed by atoms with Crippen molar-refractivity contribution in [2.45, 2.75) is 6.43 Å². The summed E-state index contributed by atoms with van der Waals surface area (Å²) in [6, 6.07) is 0. The van der Waals surface area contributed by atoms with Crippen molar-refractivity contribution in [1.82, 2.24) is 0 Å². The normalized spacial score (nSPS) is 10.0. The molecule has 0 fully saturated rings. The molecule has 0 nitrogen and oxygen atoms in total. The summed E-state index contributed by atoms with van der Waals surface area (Å²) in [5.74, 6) is -0.153. The van der Waals surface area contributed by atoms with E-state index in [0.29, 0.717) is 0 Å². The topological polar surface area (TPSA) is 0 Å². The summed E-state index contributed by atoms with van der Waals surface area (Å²) < 4.78 is 21.9. The van der Waals surface area contributed by atoms with Crippen LogP contribution in [0, 0.1) is 6.26 Å². The Morgan fingerprint density at radius 2 is 2.17 bits per heavy atom. The zero-order chi connectivity index (χ0) is 4.99. The van der Waals surface area contributed by atoms with Gasteiger partial charge in [-0.3, -0.25) is 0 Å². The second-order valence-corrected chi connectivity index (χ2v) is 1.50. The Bertz CT molecular complexity index is 30.0. The maximum absolute atomic E-state index is 11.0. The van der Waals surface area contributed by atoms with E-state index in [-0.39, 0.29) is 5.75 Å². The van der Waals surface area contributed by atoms with Gasteiger partial charge in [0.05, 0.1) is 5.75 Å². The van der Waals surface area contributed by atoms with Crippen molar-refractivity contribution in [3.63, 3.8) is 0 Å². The lowest BCUT2D eigenvalue weighted by atomic mass is 10.9. The van der Waals surface area contributed by atoms with E-state index in [0.717, 1.165) is 11.8 Å². The van der Waals surface area contributed by atoms with E-state index >= 15 is 0 Å². The smallest absolute Gasteiger partial charge is 0.210 e. The van der Waals surface area contributed by atoms with E-state index in [1.807, 2.05) is 0 Å². The highest BCUT2D eigenvalue weighted by Crippen LogP contribution is 2.02. The second-order valence-electron chi connectivity index (χ2n) is 0.762. The van der Waals surface area contributed by atoms with Crippen LogP contribution in [-0.4, -0.2) is 12.2 Å². The van der Waals surface area contributed by atoms with Crippen LogP contribution in [0.25, 0.3) is 0 Å². The number of alkyl halides is 2. The van der Waals surface area contributed by atoms with E-state index in [1.165, 1.54) is 0 Å². The van der Waals surface area contributed by atoms with Crippen LogP contribution in [0.5, 0.6) is 0 Å². The van der Waals surface area contributed by atoms with Gasteiger partial charge in [0.25, 0.3) is 0 Å². The van der Waals surface area contributed by atoms with Crippen LogP contribution in [0.2, 0.25) is 0 Å². The highest BCUT2D eigenvalue weighted by Gasteiger charge is 1.96. The fourth-order valence-electron chi connectivity index (χ4n) is 0.0891. The van der Waals surface area contributed by atoms with Gasteiger partial charge >= 0.3 is 0 Å². The molecule has 3 heteroatoms. The van der Waals surface area contributed by atoms with Gasteiger partial charge in [-0.2, -0.15) is 11.8 Å². The number of thioether (sulfide) groups is 1. The molecule has 0 saturated carbocycles. The first-order valence-electron chi connectivity index (χ1n) is 1.42. The van der Waals surface area contributed by atoms with E-state index in [1.54, 1.807) is 0 Å². The van der Waals surface area contributed by atoms with E-state index < -0.39 is 6.43 Å². The quantitative estimate of drug-likeness (QED) is 0.523. The van der Waals surface area contributed by atoms with Crippen LogP contribution in [0.4, 0.5) is 8.78 Å². The highest BCUT2D eigenvalue weighted by molar-refractivity contribution is 8.00. The molecule has 0 atom stereocenters. The van der Waals surface area contributed by atoms with Crippen molar-refractivity contribution in [3.8, 4) is 0 Å². The van der Waals surface area contributed by atoms with Crippen molar-refractivity contribution >= 4 is 11.8 Å². The molecular formula is C3H5F2S. The summed E-state index contributed by atoms with van der Waals surface area (Å²) in [5, 5.41) is 0. The van der Waals surface area contributed by atoms with Gasteiger partial charge in [0.2, 0.25) is 6.43 Å². The van der Waals surface area contributed by atoms with Crippen molar-refractivity contribution in [1.29, 1.82) is 0 Å². The Morgan fingerprint density at radius 3 is 2.17 bits per heavy atom. The van der Waals surface area contributed by atoms with Crippen LogP contribution < -0.4 is 0 Å². The largest absolute Gasteiger partial charge is 0.247 e. The third kappa shape index (κ3) is 4.21. The van der Waals surface area contributed by atoms with Crippen molar-refractivity contribution in [3.05, 3.63) is 6.26 Å². The van der Waals surface area contributed by atoms with Crippen LogP contribution in [0.15, 0.2) is 0 Å². The Hall–Kier alpha value is 0.210. The molecule has 0 bridgehead atoms. The molecule has 0 N–H and O–H groups in total. The summed E-state index contributed by atoms with van der Waals surface area (Å²) >= 11 is 0.910. The molecular weight excluding hydrogens is 106 g/mol. The van der Waals surface area contributed by atoms with Gasteiger partial charge in [0, 0.05) is 6.26 Å². The standard InChI is InChI=1S/C3H5F2S/c1-6-2-3(4)5/h3H,1-2H2. The maximum Gasteiger partial charge on any atom is 0.247 e. The molecule has 0 saturated heterocycles. The first-order chi connectivity index (χ1) is 2.77. The molecule has 0 spiro atoms. The molecule has 0 aliphatic rings. The predicted octanol–water partition coefficient (Wildman–Crippen LogP) is 1.78. The van der Waals surface area contributed by atoms with Gasteiger partial charge in [0.15, 0.2) is 0 Å². The van der Waals surface area contributed by atoms with Crippen LogP contribution >= 0.6 is 11.8 Å². The van der Waals surface area contributed by atoms with Gasteiger partial charge in [-0.25, -0.2) is 8.78 Å². The fourth-order valence-corrected chi connectivity index (χ4v) is 0.267. The van der Waals surface area contributed by atoms with Gasteiger partial charge in [-0.15, -0.1) is 0 Å². The first kappa shape index (κ1) is 6.21. The summed E-state index contributed by atoms with van der Waals surface area (Å²) in [6.45, 7) is 0. The van der Waals surface area contributed by atoms with Gasteiger partial charge in [-0.05, 0) is 0 Å². The van der Waals surface area contributed by atoms with Crippen molar-refractivity contribution < 1.29 is 8.78 Å². The zero-order valence-corrected chi connectivity index (χ0v) is 3.97. The summed E-state index contributed by atoms with van der Waals surface area (Å²) in [6.07, 6.45) is 0.961. The lowest BCUT2D eigenvalue weighted by Gasteiger charge is -1.87. The number of hydrogen-bond acceptors (Lipinski definition) is 1. The Labute approximate surface area is 39.9 Å². The van der Waals surface area contributed by atoms with Crippen molar-refractivity contribution in [2.75, 3.05) is 5.75 Å². The zero-order valence-electron chi connectivity index (χ0n) is 3.16. The first-order valence-corrected chi connectivity index (χ1v) is 2.58. The molecule has 0 aromatic heterocycles. The predicted molar refractivity (Wildman–Crippen MR) is 23.8 cm³/mol. The molecule has 0 rings (SSSR count). The molecule has 6 heavy (non-hydrogen) atoms. The Kier molecular flexibility index (Phi) is 3.52. The lowest BCUT2D eigenvalue weighted by Crippen LogP contribution is -1.90. The minimum atomic E-state index is -2.20. The number of hydrogen-bond donors (Lipinski definition) is 0. The lowest BCUT2D eigenvalue weighted by molar-refractivity contribution is 0.177. The third-order valence-electron chi connectivity index (χ3n) is 0.244. The van der Waals surface area contributed by atoms with E-state index in [9.17, 15) is 8.78 Å². The molecule has 0 unspecified atom stereocenters. The van der Waals surface area contributed by atoms with Gasteiger partial charge in [-0.1, -0.05) is 0 Å². The molecule has 0 aliphatic carbocycles. The van der Waals surface area contributed by atoms with Crippen LogP contribution in [0.1, 0.15) is 0 Å². The SMILES string of the molecule is [CH2]SCC(F)F. The minimum Gasteiger partial charge on any atom is -0.210 e. The molecule has 0 heterocycles. The highest BCUT2D eigenvalue weighted by atomic mass is 32.2. The average molecular weight is 111 g/mol. The third-order valence-corrected chi connectivity index (χ3v) is 0.732. The summed E-state index contributed by atoms with van der Waals surface area (Å²) in [4.78, 5) is 0. The van der Waals surface area contributed by atoms with E-state index in [4.69, 9.17) is 0 Å². The average Bonchev–Trinajstić information content (AvgIpc) is 1.35. The molecule has 0 aromatic carbocycles. The summed E-state index contributed by atoms with van der Waals surface area (Å²) in [5.41, 5.74) is 0. The fraction of sp³-hybridized carbons (Fsp3) is 0.667. The molecule has 37 valence electrons. The van der Waals surface area contributed by atoms with Crippen molar-refractivity contribution in [2.24, 2.45) is 0 Å². The minimum absolute atomic E-state index is 0.153. The molecule has 0 amide bonds. The number of rotatable bonds is 2. The monoisotopic (exact) mass is 111 g/mol. The molecule has 0 aromatic rings. The Balaban J connectivity index is 2.63. The number of halogens is 2. The van der Waals surface area contributed by atoms with Gasteiger partial charge < -0.3 is 0 Å². The maximum atomic E-state index is 11.0. The molecule has 0 aliphatic heterocycles. The second kappa shape index (κ2) is 3.40. The van der Waals surface area contributed by atoms with Crippen LogP contribution in [-0.2, 0) is 0 Å². The summed E-state index contributed by atoms with van der Waals surface area (Å²) in [7, 11) is 0. The Morgan fingerprint density at radius 1 is 1.67 bits per heavy atom. The molecule has 1 radical (unpaired) electrons. The van der Waals surface area contributed by atoms with Crippen LogP contribution in [0.3, 0.4) is 0 Å². The van der Waals surface area contributed by atoms with E-state index in [2.05, 4.69) is 6.26 Å².